The number of non-ortho nitro benzene ring substituents is 1. The first-order chi connectivity index (χ1) is 7.51. The van der Waals surface area contributed by atoms with Crippen LogP contribution in [0.3, 0.4) is 0 Å². The standard InChI is InChI=1S/C6H6N2O2S.C4H11N/c7-11-6-3-1-5(2-4-6)8(9)10;1-4-5(2)3/h1-4H,7H2;4H2,1-3H3. The fourth-order valence-electron chi connectivity index (χ4n) is 0.646. The maximum atomic E-state index is 10.2. The van der Waals surface area contributed by atoms with Gasteiger partial charge in [-0.15, -0.1) is 0 Å². The number of nitrogens with two attached hydrogens (primary N) is 1. The van der Waals surface area contributed by atoms with Gasteiger partial charge in [-0.1, -0.05) is 6.92 Å². The number of nitro benzene ring substituents is 1. The van der Waals surface area contributed by atoms with Crippen LogP contribution in [-0.4, -0.2) is 30.5 Å². The number of benzene rings is 1. The monoisotopic (exact) mass is 243 g/mol. The Morgan fingerprint density at radius 2 is 1.81 bits per heavy atom. The zero-order valence-corrected chi connectivity index (χ0v) is 10.5. The predicted octanol–water partition coefficient (Wildman–Crippen LogP) is 2.13. The summed E-state index contributed by atoms with van der Waals surface area (Å²) in [5.74, 6) is 0. The molecule has 0 radical (unpaired) electrons. The Morgan fingerprint density at radius 3 is 2.06 bits per heavy atom. The number of nitro groups is 1. The molecule has 5 nitrogen and oxygen atoms in total. The molecular formula is C10H17N3O2S. The largest absolute Gasteiger partial charge is 0.310 e. The highest BCUT2D eigenvalue weighted by Crippen LogP contribution is 2.16. The molecule has 1 aromatic carbocycles. The zero-order chi connectivity index (χ0) is 12.6. The van der Waals surface area contributed by atoms with Crippen molar-refractivity contribution in [2.24, 2.45) is 5.14 Å². The van der Waals surface area contributed by atoms with Gasteiger partial charge in [0.1, 0.15) is 0 Å². The molecule has 0 heterocycles. The van der Waals surface area contributed by atoms with Crippen molar-refractivity contribution in [3.8, 4) is 0 Å². The second-order valence-electron chi connectivity index (χ2n) is 3.26. The van der Waals surface area contributed by atoms with Gasteiger partial charge in [-0.25, -0.2) is 0 Å². The van der Waals surface area contributed by atoms with Crippen LogP contribution < -0.4 is 5.14 Å². The van der Waals surface area contributed by atoms with Crippen molar-refractivity contribution in [1.82, 2.24) is 4.90 Å². The molecule has 1 aromatic rings. The molecule has 0 atom stereocenters. The van der Waals surface area contributed by atoms with Gasteiger partial charge in [-0.3, -0.25) is 15.3 Å². The Morgan fingerprint density at radius 1 is 1.38 bits per heavy atom. The molecule has 0 unspecified atom stereocenters. The summed E-state index contributed by atoms with van der Waals surface area (Å²) in [4.78, 5) is 12.7. The molecule has 0 aliphatic heterocycles. The van der Waals surface area contributed by atoms with Gasteiger partial charge in [0, 0.05) is 17.0 Å². The average molecular weight is 243 g/mol. The minimum absolute atomic E-state index is 0.0859. The van der Waals surface area contributed by atoms with Crippen LogP contribution in [0.25, 0.3) is 0 Å². The number of nitrogens with zero attached hydrogens (tertiary/aromatic N) is 2. The second-order valence-corrected chi connectivity index (χ2v) is 3.97. The normalized spacial score (nSPS) is 9.56. The van der Waals surface area contributed by atoms with Crippen LogP contribution >= 0.6 is 11.9 Å². The summed E-state index contributed by atoms with van der Waals surface area (Å²) in [5, 5.41) is 15.4. The lowest BCUT2D eigenvalue weighted by atomic mass is 10.3. The van der Waals surface area contributed by atoms with Crippen molar-refractivity contribution in [2.45, 2.75) is 11.8 Å². The van der Waals surface area contributed by atoms with Crippen molar-refractivity contribution in [2.75, 3.05) is 20.6 Å². The highest BCUT2D eigenvalue weighted by Gasteiger charge is 2.02. The maximum Gasteiger partial charge on any atom is 0.269 e. The van der Waals surface area contributed by atoms with Crippen LogP contribution in [0.5, 0.6) is 0 Å². The van der Waals surface area contributed by atoms with Crippen molar-refractivity contribution < 1.29 is 4.92 Å². The fourth-order valence-corrected chi connectivity index (χ4v) is 0.940. The smallest absolute Gasteiger partial charge is 0.269 e. The van der Waals surface area contributed by atoms with E-state index in [0.717, 1.165) is 23.4 Å². The first-order valence-electron chi connectivity index (χ1n) is 4.77. The summed E-state index contributed by atoms with van der Waals surface area (Å²) in [6.07, 6.45) is 0. The van der Waals surface area contributed by atoms with E-state index < -0.39 is 4.92 Å². The van der Waals surface area contributed by atoms with Gasteiger partial charge >= 0.3 is 0 Å². The Hall–Kier alpha value is -1.11. The van der Waals surface area contributed by atoms with E-state index in [4.69, 9.17) is 5.14 Å². The Balaban J connectivity index is 0.000000385. The van der Waals surface area contributed by atoms with Crippen LogP contribution in [0.2, 0.25) is 0 Å². The van der Waals surface area contributed by atoms with Gasteiger partial charge in [0.05, 0.1) is 4.92 Å². The van der Waals surface area contributed by atoms with Crippen molar-refractivity contribution in [3.05, 3.63) is 34.4 Å². The minimum atomic E-state index is -0.440. The van der Waals surface area contributed by atoms with Gasteiger partial charge in [-0.2, -0.15) is 0 Å². The van der Waals surface area contributed by atoms with Gasteiger partial charge in [0.25, 0.3) is 5.69 Å². The molecule has 0 saturated carbocycles. The molecule has 16 heavy (non-hydrogen) atoms. The summed E-state index contributed by atoms with van der Waals surface area (Å²) in [6.45, 7) is 3.26. The van der Waals surface area contributed by atoms with E-state index in [1.807, 2.05) is 0 Å². The molecule has 0 aromatic heterocycles. The molecule has 0 spiro atoms. The molecule has 0 bridgehead atoms. The highest BCUT2D eigenvalue weighted by molar-refractivity contribution is 7.97. The van der Waals surface area contributed by atoms with E-state index in [0.29, 0.717) is 0 Å². The molecule has 0 amide bonds. The average Bonchev–Trinajstić information content (AvgIpc) is 2.29. The topological polar surface area (TPSA) is 72.4 Å². The van der Waals surface area contributed by atoms with E-state index in [2.05, 4.69) is 25.9 Å². The first kappa shape index (κ1) is 14.9. The lowest BCUT2D eigenvalue weighted by Crippen LogP contribution is -2.08. The van der Waals surface area contributed by atoms with E-state index >= 15 is 0 Å². The maximum absolute atomic E-state index is 10.2. The van der Waals surface area contributed by atoms with Crippen LogP contribution in [0.1, 0.15) is 6.92 Å². The second kappa shape index (κ2) is 8.09. The number of hydrogen-bond acceptors (Lipinski definition) is 5. The minimum Gasteiger partial charge on any atom is -0.310 e. The molecular weight excluding hydrogens is 226 g/mol. The zero-order valence-electron chi connectivity index (χ0n) is 9.71. The van der Waals surface area contributed by atoms with Gasteiger partial charge < -0.3 is 4.90 Å². The van der Waals surface area contributed by atoms with Crippen molar-refractivity contribution in [3.63, 3.8) is 0 Å². The fraction of sp³-hybridized carbons (Fsp3) is 0.400. The number of rotatable bonds is 3. The molecule has 0 aliphatic rings. The third-order valence-electron chi connectivity index (χ3n) is 1.82. The molecule has 1 rings (SSSR count). The lowest BCUT2D eigenvalue weighted by Gasteiger charge is -2.00. The molecule has 0 fully saturated rings. The third kappa shape index (κ3) is 6.39. The summed E-state index contributed by atoms with van der Waals surface area (Å²) < 4.78 is 0. The van der Waals surface area contributed by atoms with Crippen LogP contribution in [0, 0.1) is 10.1 Å². The molecule has 0 saturated heterocycles. The molecule has 2 N–H and O–H groups in total. The van der Waals surface area contributed by atoms with Crippen molar-refractivity contribution >= 4 is 17.6 Å². The Labute approximate surface area is 99.9 Å². The van der Waals surface area contributed by atoms with Crippen molar-refractivity contribution in [1.29, 1.82) is 0 Å². The van der Waals surface area contributed by atoms with E-state index in [-0.39, 0.29) is 5.69 Å². The summed E-state index contributed by atoms with van der Waals surface area (Å²) in [5.41, 5.74) is 0.0859. The summed E-state index contributed by atoms with van der Waals surface area (Å²) in [6, 6.07) is 6.08. The van der Waals surface area contributed by atoms with E-state index in [9.17, 15) is 10.1 Å². The van der Waals surface area contributed by atoms with Gasteiger partial charge in [0.2, 0.25) is 0 Å². The SMILES string of the molecule is CCN(C)C.NSc1ccc([N+](=O)[O-])cc1. The van der Waals surface area contributed by atoms with Crippen LogP contribution in [0.4, 0.5) is 5.69 Å². The Bertz CT molecular complexity index is 314. The number of hydrogen-bond donors (Lipinski definition) is 1. The first-order valence-corrected chi connectivity index (χ1v) is 5.65. The summed E-state index contributed by atoms with van der Waals surface area (Å²) >= 11 is 1.07. The van der Waals surface area contributed by atoms with E-state index in [1.165, 1.54) is 12.1 Å². The molecule has 90 valence electrons. The van der Waals surface area contributed by atoms with Gasteiger partial charge in [-0.05, 0) is 44.7 Å². The predicted molar refractivity (Wildman–Crippen MR) is 67.4 cm³/mol. The summed E-state index contributed by atoms with van der Waals surface area (Å²) in [7, 11) is 4.11. The third-order valence-corrected chi connectivity index (χ3v) is 2.36. The highest BCUT2D eigenvalue weighted by atomic mass is 32.2. The van der Waals surface area contributed by atoms with Gasteiger partial charge in [0.15, 0.2) is 0 Å². The molecule has 6 heteroatoms. The van der Waals surface area contributed by atoms with Crippen LogP contribution in [-0.2, 0) is 0 Å². The lowest BCUT2D eigenvalue weighted by molar-refractivity contribution is -0.384. The quantitative estimate of drug-likeness (QED) is 0.500. The van der Waals surface area contributed by atoms with Crippen LogP contribution in [0.15, 0.2) is 29.2 Å². The molecule has 0 aliphatic carbocycles. The Kier molecular flexibility index (Phi) is 7.53. The van der Waals surface area contributed by atoms with E-state index in [1.54, 1.807) is 12.1 Å².